The fourth-order valence-electron chi connectivity index (χ4n) is 3.82. The Bertz CT molecular complexity index is 590. The van der Waals surface area contributed by atoms with Crippen LogP contribution in [-0.4, -0.2) is 35.5 Å². The highest BCUT2D eigenvalue weighted by molar-refractivity contribution is 6.30. The van der Waals surface area contributed by atoms with Gasteiger partial charge >= 0.3 is 6.03 Å². The quantitative estimate of drug-likeness (QED) is 0.891. The van der Waals surface area contributed by atoms with Crippen LogP contribution in [0.1, 0.15) is 43.6 Å². The monoisotopic (exact) mass is 335 g/mol. The summed E-state index contributed by atoms with van der Waals surface area (Å²) < 4.78 is 0. The van der Waals surface area contributed by atoms with E-state index in [1.54, 1.807) is 0 Å². The van der Waals surface area contributed by atoms with Gasteiger partial charge in [-0.05, 0) is 43.4 Å². The molecule has 0 unspecified atom stereocenters. The topological polar surface area (TPSA) is 75.4 Å². The first-order chi connectivity index (χ1) is 11.1. The molecule has 124 valence electrons. The van der Waals surface area contributed by atoms with Crippen LogP contribution in [-0.2, 0) is 4.79 Å². The molecule has 0 bridgehead atoms. The minimum atomic E-state index is -0.511. The molecule has 3 atom stereocenters. The molecule has 3 N–H and O–H groups in total. The lowest BCUT2D eigenvalue weighted by atomic mass is 9.94. The summed E-state index contributed by atoms with van der Waals surface area (Å²) in [6.45, 7) is 0.568. The first-order valence-electron chi connectivity index (χ1n) is 8.18. The van der Waals surface area contributed by atoms with Gasteiger partial charge in [-0.1, -0.05) is 30.2 Å². The lowest BCUT2D eigenvalue weighted by Crippen LogP contribution is -2.50. The maximum Gasteiger partial charge on any atom is 0.315 e. The first-order valence-corrected chi connectivity index (χ1v) is 8.56. The van der Waals surface area contributed by atoms with E-state index in [4.69, 9.17) is 17.3 Å². The van der Waals surface area contributed by atoms with E-state index in [1.165, 1.54) is 10.5 Å². The Hall–Kier alpha value is -1.75. The maximum atomic E-state index is 12.6. The zero-order chi connectivity index (χ0) is 16.4. The third-order valence-corrected chi connectivity index (χ3v) is 5.23. The van der Waals surface area contributed by atoms with Gasteiger partial charge in [0.15, 0.2) is 0 Å². The SMILES string of the molecule is NC(=O)N1CCC[C@H]1C(=O)N[C@@H]1CCC[C@@H]1c1ccc(Cl)cc1. The molecule has 5 nitrogen and oxygen atoms in total. The molecule has 1 aliphatic carbocycles. The number of carbonyl (C=O) groups is 2. The van der Waals surface area contributed by atoms with Gasteiger partial charge in [0.1, 0.15) is 6.04 Å². The second-order valence-electron chi connectivity index (χ2n) is 6.39. The Kier molecular flexibility index (Phi) is 4.76. The summed E-state index contributed by atoms with van der Waals surface area (Å²) >= 11 is 5.95. The third kappa shape index (κ3) is 3.44. The summed E-state index contributed by atoms with van der Waals surface area (Å²) in [5.41, 5.74) is 6.57. The zero-order valence-electron chi connectivity index (χ0n) is 13.0. The van der Waals surface area contributed by atoms with Crippen molar-refractivity contribution in [3.05, 3.63) is 34.9 Å². The van der Waals surface area contributed by atoms with Crippen LogP contribution in [0.3, 0.4) is 0 Å². The number of halogens is 1. The summed E-state index contributed by atoms with van der Waals surface area (Å²) in [4.78, 5) is 25.5. The van der Waals surface area contributed by atoms with Crippen LogP contribution in [0, 0.1) is 0 Å². The van der Waals surface area contributed by atoms with Crippen LogP contribution >= 0.6 is 11.6 Å². The standard InChI is InChI=1S/C17H22ClN3O2/c18-12-8-6-11(7-9-12)13-3-1-4-14(13)20-16(22)15-5-2-10-21(15)17(19)23/h6-9,13-15H,1-5,10H2,(H2,19,23)(H,20,22)/t13-,14-,15+/m1/s1. The highest BCUT2D eigenvalue weighted by Crippen LogP contribution is 2.35. The van der Waals surface area contributed by atoms with Gasteiger partial charge in [-0.25, -0.2) is 4.79 Å². The van der Waals surface area contributed by atoms with Crippen molar-refractivity contribution in [2.45, 2.75) is 50.1 Å². The average molecular weight is 336 g/mol. The summed E-state index contributed by atoms with van der Waals surface area (Å²) in [5.74, 6) is 0.229. The van der Waals surface area contributed by atoms with E-state index < -0.39 is 12.1 Å². The van der Waals surface area contributed by atoms with Gasteiger partial charge in [0.2, 0.25) is 5.91 Å². The molecule has 1 saturated heterocycles. The molecule has 23 heavy (non-hydrogen) atoms. The number of benzene rings is 1. The van der Waals surface area contributed by atoms with Gasteiger partial charge < -0.3 is 16.0 Å². The van der Waals surface area contributed by atoms with Gasteiger partial charge in [-0.2, -0.15) is 0 Å². The van der Waals surface area contributed by atoms with Crippen LogP contribution in [0.4, 0.5) is 4.79 Å². The second-order valence-corrected chi connectivity index (χ2v) is 6.83. The average Bonchev–Trinajstić information content (AvgIpc) is 3.16. The second kappa shape index (κ2) is 6.79. The fraction of sp³-hybridized carbons (Fsp3) is 0.529. The number of hydrogen-bond acceptors (Lipinski definition) is 2. The Morgan fingerprint density at radius 2 is 1.87 bits per heavy atom. The number of likely N-dealkylation sites (tertiary alicyclic amines) is 1. The maximum absolute atomic E-state index is 12.6. The van der Waals surface area contributed by atoms with Gasteiger partial charge in [-0.3, -0.25) is 4.79 Å². The summed E-state index contributed by atoms with van der Waals surface area (Å²) in [7, 11) is 0. The molecule has 3 amide bonds. The molecule has 6 heteroatoms. The van der Waals surface area contributed by atoms with Gasteiger partial charge in [0, 0.05) is 23.5 Å². The molecule has 3 rings (SSSR count). The minimum Gasteiger partial charge on any atom is -0.351 e. The summed E-state index contributed by atoms with van der Waals surface area (Å²) in [6.07, 6.45) is 4.61. The number of carbonyl (C=O) groups excluding carboxylic acids is 2. The Balaban J connectivity index is 1.67. The van der Waals surface area contributed by atoms with Crippen molar-refractivity contribution in [2.24, 2.45) is 5.73 Å². The highest BCUT2D eigenvalue weighted by atomic mass is 35.5. The Labute approximate surface area is 141 Å². The van der Waals surface area contributed by atoms with E-state index >= 15 is 0 Å². The number of nitrogens with zero attached hydrogens (tertiary/aromatic N) is 1. The van der Waals surface area contributed by atoms with E-state index in [0.717, 1.165) is 30.7 Å². The van der Waals surface area contributed by atoms with Crippen LogP contribution in [0.25, 0.3) is 0 Å². The third-order valence-electron chi connectivity index (χ3n) is 4.98. The van der Waals surface area contributed by atoms with Crippen LogP contribution < -0.4 is 11.1 Å². The largest absolute Gasteiger partial charge is 0.351 e. The molecule has 2 fully saturated rings. The molecule has 1 saturated carbocycles. The molecule has 1 heterocycles. The molecule has 1 aromatic rings. The lowest BCUT2D eigenvalue weighted by Gasteiger charge is -2.26. The summed E-state index contributed by atoms with van der Waals surface area (Å²) in [5, 5.41) is 3.87. The minimum absolute atomic E-state index is 0.0767. The molecular formula is C17H22ClN3O2. The highest BCUT2D eigenvalue weighted by Gasteiger charge is 2.36. The normalized spacial score (nSPS) is 27.2. The predicted octanol–water partition coefficient (Wildman–Crippen LogP) is 2.64. The van der Waals surface area contributed by atoms with Crippen LogP contribution in [0.15, 0.2) is 24.3 Å². The van der Waals surface area contributed by atoms with E-state index in [0.29, 0.717) is 18.9 Å². The van der Waals surface area contributed by atoms with Crippen molar-refractivity contribution in [3.8, 4) is 0 Å². The van der Waals surface area contributed by atoms with E-state index in [2.05, 4.69) is 5.32 Å². The number of nitrogens with two attached hydrogens (primary N) is 1. The van der Waals surface area contributed by atoms with Crippen molar-refractivity contribution >= 4 is 23.5 Å². The number of urea groups is 1. The van der Waals surface area contributed by atoms with Crippen molar-refractivity contribution in [1.82, 2.24) is 10.2 Å². The number of hydrogen-bond donors (Lipinski definition) is 2. The lowest BCUT2D eigenvalue weighted by molar-refractivity contribution is -0.125. The van der Waals surface area contributed by atoms with E-state index in [9.17, 15) is 9.59 Å². The summed E-state index contributed by atoms with van der Waals surface area (Å²) in [6, 6.07) is 7.02. The molecule has 0 spiro atoms. The van der Waals surface area contributed by atoms with Crippen molar-refractivity contribution < 1.29 is 9.59 Å². The molecule has 1 aliphatic heterocycles. The first kappa shape index (κ1) is 16.1. The smallest absolute Gasteiger partial charge is 0.315 e. The number of nitrogens with one attached hydrogen (secondary N) is 1. The van der Waals surface area contributed by atoms with Gasteiger partial charge in [-0.15, -0.1) is 0 Å². The van der Waals surface area contributed by atoms with Crippen LogP contribution in [0.2, 0.25) is 5.02 Å². The molecule has 2 aliphatic rings. The molecular weight excluding hydrogens is 314 g/mol. The molecule has 1 aromatic carbocycles. The van der Waals surface area contributed by atoms with E-state index in [1.807, 2.05) is 24.3 Å². The van der Waals surface area contributed by atoms with E-state index in [-0.39, 0.29) is 11.9 Å². The van der Waals surface area contributed by atoms with Gasteiger partial charge in [0.25, 0.3) is 0 Å². The number of amides is 3. The fourth-order valence-corrected chi connectivity index (χ4v) is 3.95. The molecule has 0 aromatic heterocycles. The van der Waals surface area contributed by atoms with Crippen molar-refractivity contribution in [1.29, 1.82) is 0 Å². The Morgan fingerprint density at radius 1 is 1.13 bits per heavy atom. The number of primary amides is 1. The van der Waals surface area contributed by atoms with Crippen molar-refractivity contribution in [2.75, 3.05) is 6.54 Å². The number of rotatable bonds is 3. The molecule has 0 radical (unpaired) electrons. The zero-order valence-corrected chi connectivity index (χ0v) is 13.8. The Morgan fingerprint density at radius 3 is 2.57 bits per heavy atom. The predicted molar refractivity (Wildman–Crippen MR) is 89.3 cm³/mol. The van der Waals surface area contributed by atoms with Crippen molar-refractivity contribution in [3.63, 3.8) is 0 Å². The van der Waals surface area contributed by atoms with Crippen LogP contribution in [0.5, 0.6) is 0 Å². The van der Waals surface area contributed by atoms with Gasteiger partial charge in [0.05, 0.1) is 0 Å².